The summed E-state index contributed by atoms with van der Waals surface area (Å²) in [6, 6.07) is 1.41. The third kappa shape index (κ3) is 4.26. The summed E-state index contributed by atoms with van der Waals surface area (Å²) >= 11 is 0. The van der Waals surface area contributed by atoms with Gasteiger partial charge in [-0.05, 0) is 0 Å². The topological polar surface area (TPSA) is 128 Å². The Hall–Kier alpha value is -2.98. The Labute approximate surface area is 121 Å². The number of rotatable bonds is 7. The Morgan fingerprint density at radius 3 is 2.50 bits per heavy atom. The van der Waals surface area contributed by atoms with E-state index in [2.05, 4.69) is 4.74 Å². The largest absolute Gasteiger partial charge is 0.493 e. The van der Waals surface area contributed by atoms with Crippen LogP contribution in [0.15, 0.2) is 12.1 Å². The van der Waals surface area contributed by atoms with E-state index in [0.29, 0.717) is 6.07 Å². The number of carbonyl (C=O) groups excluding carboxylic acids is 1. The fourth-order valence-corrected chi connectivity index (χ4v) is 1.48. The zero-order valence-corrected chi connectivity index (χ0v) is 11.0. The third-order valence-electron chi connectivity index (χ3n) is 2.34. The van der Waals surface area contributed by atoms with Crippen molar-refractivity contribution in [3.63, 3.8) is 0 Å². The molecule has 0 radical (unpaired) electrons. The number of methoxy groups -OCH3 is 1. The highest BCUT2D eigenvalue weighted by atomic mass is 19.3. The molecule has 0 fully saturated rings. The van der Waals surface area contributed by atoms with E-state index in [4.69, 9.17) is 9.84 Å². The number of hydrogen-bond donors (Lipinski definition) is 2. The molecular weight excluding hydrogens is 310 g/mol. The van der Waals surface area contributed by atoms with E-state index < -0.39 is 47.0 Å². The number of aliphatic carboxylic acids is 1. The molecule has 0 aliphatic heterocycles. The number of alkyl halides is 2. The van der Waals surface area contributed by atoms with Gasteiger partial charge in [-0.2, -0.15) is 8.78 Å². The SMILES string of the molecule is COc1cc(C(=O)NCC(=O)O)c([N+](=O)[O-])cc1OC(F)F. The zero-order valence-electron chi connectivity index (χ0n) is 11.0. The first-order chi connectivity index (χ1) is 10.3. The van der Waals surface area contributed by atoms with Crippen LogP contribution in [0.2, 0.25) is 0 Å². The first-order valence-corrected chi connectivity index (χ1v) is 5.57. The molecular formula is C11H10F2N2O7. The maximum Gasteiger partial charge on any atom is 0.387 e. The maximum absolute atomic E-state index is 12.2. The minimum Gasteiger partial charge on any atom is -0.493 e. The summed E-state index contributed by atoms with van der Waals surface area (Å²) in [5.41, 5.74) is -1.39. The lowest BCUT2D eigenvalue weighted by Gasteiger charge is -2.11. The van der Waals surface area contributed by atoms with E-state index in [0.717, 1.165) is 13.2 Å². The highest BCUT2D eigenvalue weighted by molar-refractivity contribution is 6.00. The Morgan fingerprint density at radius 1 is 1.41 bits per heavy atom. The van der Waals surface area contributed by atoms with Crippen LogP contribution in [-0.2, 0) is 4.79 Å². The number of carbonyl (C=O) groups is 2. The van der Waals surface area contributed by atoms with Crippen LogP contribution in [0.4, 0.5) is 14.5 Å². The number of nitro groups is 1. The molecule has 0 spiro atoms. The summed E-state index contributed by atoms with van der Waals surface area (Å²) in [6.07, 6.45) is 0. The standard InChI is InChI=1S/C11H10F2N2O7/c1-21-7-2-5(10(18)14-4-9(16)17)6(15(19)20)3-8(7)22-11(12)13/h2-3,11H,4H2,1H3,(H,14,18)(H,16,17). The summed E-state index contributed by atoms with van der Waals surface area (Å²) in [5.74, 6) is -3.40. The quantitative estimate of drug-likeness (QED) is 0.567. The predicted octanol–water partition coefficient (Wildman–Crippen LogP) is 1.02. The molecule has 0 unspecified atom stereocenters. The monoisotopic (exact) mass is 320 g/mol. The van der Waals surface area contributed by atoms with E-state index in [1.54, 1.807) is 0 Å². The minimum atomic E-state index is -3.25. The Kier molecular flexibility index (Phi) is 5.55. The van der Waals surface area contributed by atoms with Crippen LogP contribution in [0.3, 0.4) is 0 Å². The van der Waals surface area contributed by atoms with Gasteiger partial charge in [0.25, 0.3) is 11.6 Å². The second-order valence-corrected chi connectivity index (χ2v) is 3.73. The van der Waals surface area contributed by atoms with Gasteiger partial charge >= 0.3 is 12.6 Å². The highest BCUT2D eigenvalue weighted by Gasteiger charge is 2.26. The second kappa shape index (κ2) is 7.15. The molecule has 22 heavy (non-hydrogen) atoms. The second-order valence-electron chi connectivity index (χ2n) is 3.73. The fourth-order valence-electron chi connectivity index (χ4n) is 1.48. The molecule has 9 nitrogen and oxygen atoms in total. The maximum atomic E-state index is 12.2. The van der Waals surface area contributed by atoms with E-state index >= 15 is 0 Å². The van der Waals surface area contributed by atoms with Gasteiger partial charge in [0.05, 0.1) is 18.1 Å². The Balaban J connectivity index is 3.28. The van der Waals surface area contributed by atoms with Gasteiger partial charge in [-0.15, -0.1) is 0 Å². The van der Waals surface area contributed by atoms with Crippen molar-refractivity contribution in [3.05, 3.63) is 27.8 Å². The van der Waals surface area contributed by atoms with Crippen LogP contribution in [0, 0.1) is 10.1 Å². The van der Waals surface area contributed by atoms with Crippen molar-refractivity contribution < 1.29 is 37.9 Å². The van der Waals surface area contributed by atoms with E-state index in [1.807, 2.05) is 5.32 Å². The number of carboxylic acids is 1. The molecule has 0 saturated carbocycles. The molecule has 0 atom stereocenters. The number of amides is 1. The van der Waals surface area contributed by atoms with Crippen LogP contribution in [-0.4, -0.2) is 42.2 Å². The summed E-state index contributed by atoms with van der Waals surface area (Å²) in [5, 5.41) is 21.3. The van der Waals surface area contributed by atoms with E-state index in [9.17, 15) is 28.5 Å². The van der Waals surface area contributed by atoms with Crippen molar-refractivity contribution in [2.24, 2.45) is 0 Å². The predicted molar refractivity (Wildman–Crippen MR) is 66.2 cm³/mol. The van der Waals surface area contributed by atoms with Crippen LogP contribution >= 0.6 is 0 Å². The lowest BCUT2D eigenvalue weighted by Crippen LogP contribution is -2.29. The number of hydrogen-bond acceptors (Lipinski definition) is 6. The van der Waals surface area contributed by atoms with Gasteiger partial charge in [-0.25, -0.2) is 0 Å². The molecule has 1 amide bonds. The van der Waals surface area contributed by atoms with Crippen LogP contribution in [0.25, 0.3) is 0 Å². The number of ether oxygens (including phenoxy) is 2. The van der Waals surface area contributed by atoms with Crippen LogP contribution < -0.4 is 14.8 Å². The molecule has 0 aromatic heterocycles. The number of halogens is 2. The van der Waals surface area contributed by atoms with Crippen molar-refractivity contribution in [2.45, 2.75) is 6.61 Å². The fraction of sp³-hybridized carbons (Fsp3) is 0.273. The molecule has 1 aromatic rings. The summed E-state index contributed by atoms with van der Waals surface area (Å²) in [7, 11) is 1.08. The molecule has 11 heteroatoms. The van der Waals surface area contributed by atoms with Crippen molar-refractivity contribution in [1.29, 1.82) is 0 Å². The average molecular weight is 320 g/mol. The molecule has 0 saturated heterocycles. The van der Waals surface area contributed by atoms with E-state index in [-0.39, 0.29) is 5.75 Å². The lowest BCUT2D eigenvalue weighted by molar-refractivity contribution is -0.385. The lowest BCUT2D eigenvalue weighted by atomic mass is 10.1. The third-order valence-corrected chi connectivity index (χ3v) is 2.34. The van der Waals surface area contributed by atoms with Gasteiger partial charge in [0.15, 0.2) is 11.5 Å². The minimum absolute atomic E-state index is 0.341. The van der Waals surface area contributed by atoms with Gasteiger partial charge < -0.3 is 19.9 Å². The Morgan fingerprint density at radius 2 is 2.05 bits per heavy atom. The molecule has 0 heterocycles. The first kappa shape index (κ1) is 17.1. The average Bonchev–Trinajstić information content (AvgIpc) is 2.43. The summed E-state index contributed by atoms with van der Waals surface area (Å²) in [6.45, 7) is -4.02. The molecule has 0 aliphatic carbocycles. The molecule has 0 aliphatic rings. The Bertz CT molecular complexity index is 606. The molecule has 1 aromatic carbocycles. The number of nitrogens with one attached hydrogen (secondary N) is 1. The van der Waals surface area contributed by atoms with Gasteiger partial charge in [-0.1, -0.05) is 0 Å². The van der Waals surface area contributed by atoms with E-state index in [1.165, 1.54) is 0 Å². The highest BCUT2D eigenvalue weighted by Crippen LogP contribution is 2.35. The van der Waals surface area contributed by atoms with Gasteiger partial charge in [0, 0.05) is 6.07 Å². The van der Waals surface area contributed by atoms with Crippen LogP contribution in [0.1, 0.15) is 10.4 Å². The van der Waals surface area contributed by atoms with Crippen molar-refractivity contribution >= 4 is 17.6 Å². The smallest absolute Gasteiger partial charge is 0.387 e. The van der Waals surface area contributed by atoms with Gasteiger partial charge in [-0.3, -0.25) is 19.7 Å². The number of nitrogens with zero attached hydrogens (tertiary/aromatic N) is 1. The van der Waals surface area contributed by atoms with Crippen LogP contribution in [0.5, 0.6) is 11.5 Å². The first-order valence-electron chi connectivity index (χ1n) is 5.57. The molecule has 120 valence electrons. The van der Waals surface area contributed by atoms with Crippen molar-refractivity contribution in [3.8, 4) is 11.5 Å². The number of nitro benzene ring substituents is 1. The molecule has 1 rings (SSSR count). The van der Waals surface area contributed by atoms with Gasteiger partial charge in [0.1, 0.15) is 12.1 Å². The molecule has 0 bridgehead atoms. The normalized spacial score (nSPS) is 10.2. The van der Waals surface area contributed by atoms with Crippen molar-refractivity contribution in [1.82, 2.24) is 5.32 Å². The van der Waals surface area contributed by atoms with Crippen molar-refractivity contribution in [2.75, 3.05) is 13.7 Å². The number of benzene rings is 1. The summed E-state index contributed by atoms with van der Waals surface area (Å²) in [4.78, 5) is 32.1. The van der Waals surface area contributed by atoms with Gasteiger partial charge in [0.2, 0.25) is 0 Å². The number of carboxylic acid groups (broad SMARTS) is 1. The molecule has 2 N–H and O–H groups in total. The zero-order chi connectivity index (χ0) is 16.9. The summed E-state index contributed by atoms with van der Waals surface area (Å²) < 4.78 is 33.3.